The van der Waals surface area contributed by atoms with E-state index in [0.29, 0.717) is 6.54 Å². The number of piperidine rings is 1. The molecule has 1 aliphatic carbocycles. The van der Waals surface area contributed by atoms with Gasteiger partial charge in [0, 0.05) is 24.7 Å². The molecule has 0 aromatic heterocycles. The zero-order valence-electron chi connectivity index (χ0n) is 12.5. The number of anilines is 1. The van der Waals surface area contributed by atoms with E-state index < -0.39 is 0 Å². The molecule has 0 bridgehead atoms. The molecule has 112 valence electrons. The summed E-state index contributed by atoms with van der Waals surface area (Å²) in [5.41, 5.74) is 2.00. The summed E-state index contributed by atoms with van der Waals surface area (Å²) >= 11 is 0. The molecule has 4 heteroatoms. The number of benzene rings is 1. The van der Waals surface area contributed by atoms with E-state index in [9.17, 15) is 9.59 Å². The number of aryl methyl sites for hydroxylation is 1. The van der Waals surface area contributed by atoms with Crippen molar-refractivity contribution in [2.75, 3.05) is 18.4 Å². The first kappa shape index (κ1) is 14.1. The normalized spacial score (nSPS) is 22.0. The maximum atomic E-state index is 12.4. The molecular weight excluding hydrogens is 264 g/mol. The molecule has 2 fully saturated rings. The molecule has 1 atom stereocenters. The van der Waals surface area contributed by atoms with E-state index in [0.717, 1.165) is 37.9 Å². The van der Waals surface area contributed by atoms with Crippen LogP contribution in [0.1, 0.15) is 31.2 Å². The second kappa shape index (κ2) is 5.88. The predicted molar refractivity (Wildman–Crippen MR) is 81.8 cm³/mol. The number of amides is 2. The van der Waals surface area contributed by atoms with Gasteiger partial charge in [-0.05, 0) is 44.7 Å². The van der Waals surface area contributed by atoms with Gasteiger partial charge in [-0.15, -0.1) is 0 Å². The third-order valence-corrected chi connectivity index (χ3v) is 4.35. The monoisotopic (exact) mass is 286 g/mol. The van der Waals surface area contributed by atoms with Crippen LogP contribution in [-0.2, 0) is 9.59 Å². The van der Waals surface area contributed by atoms with Crippen molar-refractivity contribution < 1.29 is 9.59 Å². The van der Waals surface area contributed by atoms with Gasteiger partial charge < -0.3 is 10.2 Å². The van der Waals surface area contributed by atoms with E-state index in [1.165, 1.54) is 5.56 Å². The van der Waals surface area contributed by atoms with Crippen LogP contribution in [0.5, 0.6) is 0 Å². The topological polar surface area (TPSA) is 49.4 Å². The van der Waals surface area contributed by atoms with Gasteiger partial charge in [0.05, 0.1) is 5.92 Å². The first-order valence-electron chi connectivity index (χ1n) is 7.80. The first-order valence-corrected chi connectivity index (χ1v) is 7.80. The van der Waals surface area contributed by atoms with Gasteiger partial charge in [0.25, 0.3) is 0 Å². The van der Waals surface area contributed by atoms with E-state index in [1.54, 1.807) is 0 Å². The number of carbonyl (C=O) groups excluding carboxylic acids is 2. The molecule has 1 aromatic carbocycles. The highest BCUT2D eigenvalue weighted by atomic mass is 16.2. The molecule has 0 radical (unpaired) electrons. The van der Waals surface area contributed by atoms with E-state index >= 15 is 0 Å². The molecule has 0 spiro atoms. The second-order valence-electron chi connectivity index (χ2n) is 6.25. The largest absolute Gasteiger partial charge is 0.342 e. The van der Waals surface area contributed by atoms with Crippen molar-refractivity contribution in [3.8, 4) is 0 Å². The number of rotatable bonds is 3. The third-order valence-electron chi connectivity index (χ3n) is 4.35. The van der Waals surface area contributed by atoms with Gasteiger partial charge in [-0.1, -0.05) is 17.7 Å². The summed E-state index contributed by atoms with van der Waals surface area (Å²) in [6, 6.07) is 7.81. The number of likely N-dealkylation sites (tertiary alicyclic amines) is 1. The molecule has 3 rings (SSSR count). The maximum Gasteiger partial charge on any atom is 0.229 e. The maximum absolute atomic E-state index is 12.4. The van der Waals surface area contributed by atoms with Gasteiger partial charge in [-0.25, -0.2) is 0 Å². The molecule has 1 heterocycles. The average Bonchev–Trinajstić information content (AvgIpc) is 3.34. The lowest BCUT2D eigenvalue weighted by Crippen LogP contribution is -2.44. The molecule has 1 saturated carbocycles. The SMILES string of the molecule is Cc1ccc(NC(=O)C2CCCN(C(=O)C3CC3)C2)cc1. The number of hydrogen-bond donors (Lipinski definition) is 1. The number of carbonyl (C=O) groups is 2. The first-order chi connectivity index (χ1) is 10.1. The summed E-state index contributed by atoms with van der Waals surface area (Å²) in [6.07, 6.45) is 3.84. The Morgan fingerprint density at radius 3 is 2.48 bits per heavy atom. The fourth-order valence-corrected chi connectivity index (χ4v) is 2.86. The van der Waals surface area contributed by atoms with E-state index in [2.05, 4.69) is 5.32 Å². The lowest BCUT2D eigenvalue weighted by atomic mass is 9.96. The Bertz CT molecular complexity index is 534. The van der Waals surface area contributed by atoms with Crippen LogP contribution in [0.4, 0.5) is 5.69 Å². The van der Waals surface area contributed by atoms with Gasteiger partial charge in [0.2, 0.25) is 11.8 Å². The van der Waals surface area contributed by atoms with Crippen LogP contribution in [0.25, 0.3) is 0 Å². The Morgan fingerprint density at radius 2 is 1.81 bits per heavy atom. The summed E-state index contributed by atoms with van der Waals surface area (Å²) in [6.45, 7) is 3.41. The molecule has 2 amide bonds. The Hall–Kier alpha value is -1.84. The van der Waals surface area contributed by atoms with Gasteiger partial charge in [0.15, 0.2) is 0 Å². The van der Waals surface area contributed by atoms with E-state index in [1.807, 2.05) is 36.1 Å². The van der Waals surface area contributed by atoms with Gasteiger partial charge in [0.1, 0.15) is 0 Å². The summed E-state index contributed by atoms with van der Waals surface area (Å²) in [7, 11) is 0. The minimum Gasteiger partial charge on any atom is -0.342 e. The van der Waals surface area contributed by atoms with Crippen LogP contribution < -0.4 is 5.32 Å². The molecule has 21 heavy (non-hydrogen) atoms. The Morgan fingerprint density at radius 1 is 1.10 bits per heavy atom. The molecule has 4 nitrogen and oxygen atoms in total. The van der Waals surface area contributed by atoms with Crippen molar-refractivity contribution in [3.63, 3.8) is 0 Å². The zero-order chi connectivity index (χ0) is 14.8. The predicted octanol–water partition coefficient (Wildman–Crippen LogP) is 2.58. The summed E-state index contributed by atoms with van der Waals surface area (Å²) < 4.78 is 0. The summed E-state index contributed by atoms with van der Waals surface area (Å²) in [4.78, 5) is 26.4. The van der Waals surface area contributed by atoms with Crippen molar-refractivity contribution in [2.45, 2.75) is 32.6 Å². The number of nitrogens with zero attached hydrogens (tertiary/aromatic N) is 1. The van der Waals surface area contributed by atoms with Crippen molar-refractivity contribution in [2.24, 2.45) is 11.8 Å². The molecule has 1 N–H and O–H groups in total. The van der Waals surface area contributed by atoms with Crippen molar-refractivity contribution in [1.82, 2.24) is 4.90 Å². The van der Waals surface area contributed by atoms with Gasteiger partial charge >= 0.3 is 0 Å². The quantitative estimate of drug-likeness (QED) is 0.928. The minimum absolute atomic E-state index is 0.0344. The number of hydrogen-bond acceptors (Lipinski definition) is 2. The lowest BCUT2D eigenvalue weighted by Gasteiger charge is -2.32. The van der Waals surface area contributed by atoms with Crippen molar-refractivity contribution in [1.29, 1.82) is 0 Å². The van der Waals surface area contributed by atoms with Crippen LogP contribution in [0.3, 0.4) is 0 Å². The van der Waals surface area contributed by atoms with E-state index in [4.69, 9.17) is 0 Å². The fourth-order valence-electron chi connectivity index (χ4n) is 2.86. The standard InChI is InChI=1S/C17H22N2O2/c1-12-4-8-15(9-5-12)18-16(20)14-3-2-10-19(11-14)17(21)13-6-7-13/h4-5,8-9,13-14H,2-3,6-7,10-11H2,1H3,(H,18,20). The highest BCUT2D eigenvalue weighted by Crippen LogP contribution is 2.32. The zero-order valence-corrected chi connectivity index (χ0v) is 12.5. The van der Waals surface area contributed by atoms with Gasteiger partial charge in [-0.3, -0.25) is 9.59 Å². The molecule has 1 aliphatic heterocycles. The average molecular weight is 286 g/mol. The molecular formula is C17H22N2O2. The van der Waals surface area contributed by atoms with E-state index in [-0.39, 0.29) is 23.7 Å². The van der Waals surface area contributed by atoms with Crippen LogP contribution in [0.15, 0.2) is 24.3 Å². The van der Waals surface area contributed by atoms with Gasteiger partial charge in [-0.2, -0.15) is 0 Å². The molecule has 1 saturated heterocycles. The Labute approximate surface area is 125 Å². The second-order valence-corrected chi connectivity index (χ2v) is 6.25. The van der Waals surface area contributed by atoms with Crippen molar-refractivity contribution in [3.05, 3.63) is 29.8 Å². The highest BCUT2D eigenvalue weighted by Gasteiger charge is 2.36. The molecule has 1 aromatic rings. The van der Waals surface area contributed by atoms with Crippen LogP contribution in [0, 0.1) is 18.8 Å². The van der Waals surface area contributed by atoms with Crippen molar-refractivity contribution >= 4 is 17.5 Å². The molecule has 2 aliphatic rings. The lowest BCUT2D eigenvalue weighted by molar-refractivity contribution is -0.135. The number of nitrogens with one attached hydrogen (secondary N) is 1. The van der Waals surface area contributed by atoms with Crippen LogP contribution >= 0.6 is 0 Å². The van der Waals surface area contributed by atoms with Crippen LogP contribution in [-0.4, -0.2) is 29.8 Å². The summed E-state index contributed by atoms with van der Waals surface area (Å²) in [5.74, 6) is 0.446. The minimum atomic E-state index is -0.0808. The Kier molecular flexibility index (Phi) is 3.95. The third kappa shape index (κ3) is 3.43. The highest BCUT2D eigenvalue weighted by molar-refractivity contribution is 5.93. The smallest absolute Gasteiger partial charge is 0.229 e. The fraction of sp³-hybridized carbons (Fsp3) is 0.529. The molecule has 1 unspecified atom stereocenters. The van der Waals surface area contributed by atoms with Crippen LogP contribution in [0.2, 0.25) is 0 Å². The Balaban J connectivity index is 1.58. The summed E-state index contributed by atoms with van der Waals surface area (Å²) in [5, 5.41) is 2.97.